The predicted octanol–water partition coefficient (Wildman–Crippen LogP) is 5.32. The summed E-state index contributed by atoms with van der Waals surface area (Å²) >= 11 is 1.32. The zero-order valence-electron chi connectivity index (χ0n) is 17.9. The summed E-state index contributed by atoms with van der Waals surface area (Å²) in [7, 11) is 0. The molecule has 0 aliphatic rings. The van der Waals surface area contributed by atoms with Crippen molar-refractivity contribution in [3.05, 3.63) is 118 Å². The third-order valence-electron chi connectivity index (χ3n) is 4.91. The number of carbonyl (C=O) groups is 3. The molecule has 0 unspecified atom stereocenters. The molecule has 0 atom stereocenters. The average Bonchev–Trinajstić information content (AvgIpc) is 3.39. The van der Waals surface area contributed by atoms with Gasteiger partial charge in [0.25, 0.3) is 17.7 Å². The van der Waals surface area contributed by atoms with Gasteiger partial charge < -0.3 is 16.0 Å². The van der Waals surface area contributed by atoms with E-state index >= 15 is 0 Å². The molecule has 0 aliphatic carbocycles. The Morgan fingerprint density at radius 2 is 1.56 bits per heavy atom. The second kappa shape index (κ2) is 10.5. The van der Waals surface area contributed by atoms with Gasteiger partial charge in [-0.05, 0) is 65.5 Å². The molecule has 4 rings (SSSR count). The second-order valence-corrected chi connectivity index (χ2v) is 8.27. The van der Waals surface area contributed by atoms with E-state index in [0.717, 1.165) is 5.56 Å². The van der Waals surface area contributed by atoms with E-state index in [4.69, 9.17) is 0 Å². The highest BCUT2D eigenvalue weighted by Crippen LogP contribution is 2.19. The minimum absolute atomic E-state index is 0.215. The summed E-state index contributed by atoms with van der Waals surface area (Å²) in [6.07, 6.45) is 0. The van der Waals surface area contributed by atoms with E-state index in [1.165, 1.54) is 35.6 Å². The monoisotopic (exact) mass is 473 g/mol. The minimum Gasteiger partial charge on any atom is -0.348 e. The maximum atomic E-state index is 13.1. The van der Waals surface area contributed by atoms with E-state index in [-0.39, 0.29) is 24.3 Å². The average molecular weight is 474 g/mol. The largest absolute Gasteiger partial charge is 0.348 e. The summed E-state index contributed by atoms with van der Waals surface area (Å²) in [5, 5.41) is 10.2. The van der Waals surface area contributed by atoms with Crippen molar-refractivity contribution in [2.24, 2.45) is 0 Å². The van der Waals surface area contributed by atoms with Crippen LogP contribution in [0.3, 0.4) is 0 Å². The molecule has 3 amide bonds. The van der Waals surface area contributed by atoms with E-state index in [1.54, 1.807) is 54.6 Å². The molecule has 34 heavy (non-hydrogen) atoms. The van der Waals surface area contributed by atoms with Gasteiger partial charge in [0, 0.05) is 17.8 Å². The fraction of sp³-hybridized carbons (Fsp3) is 0.0385. The number of hydrogen-bond donors (Lipinski definition) is 3. The third kappa shape index (κ3) is 5.73. The van der Waals surface area contributed by atoms with E-state index < -0.39 is 5.82 Å². The number of hydrogen-bond acceptors (Lipinski definition) is 4. The van der Waals surface area contributed by atoms with Crippen molar-refractivity contribution >= 4 is 40.4 Å². The molecule has 0 saturated heterocycles. The Kier molecular flexibility index (Phi) is 7.10. The second-order valence-electron chi connectivity index (χ2n) is 7.32. The summed E-state index contributed by atoms with van der Waals surface area (Å²) in [4.78, 5) is 38.1. The van der Waals surface area contributed by atoms with Crippen LogP contribution in [-0.4, -0.2) is 17.7 Å². The Morgan fingerprint density at radius 1 is 0.765 bits per heavy atom. The number of benzene rings is 3. The van der Waals surface area contributed by atoms with Crippen molar-refractivity contribution in [2.45, 2.75) is 6.54 Å². The van der Waals surface area contributed by atoms with Crippen LogP contribution in [-0.2, 0) is 6.54 Å². The lowest BCUT2D eigenvalue weighted by molar-refractivity contribution is 0.0950. The highest BCUT2D eigenvalue weighted by molar-refractivity contribution is 7.12. The Morgan fingerprint density at radius 3 is 2.32 bits per heavy atom. The SMILES string of the molecule is O=C(Nc1cccc(CNC(=O)c2ccccc2NC(=O)c2cccs2)c1)c1ccc(F)cc1. The molecule has 8 heteroatoms. The molecule has 3 N–H and O–H groups in total. The first-order valence-corrected chi connectivity index (χ1v) is 11.3. The number of anilines is 2. The topological polar surface area (TPSA) is 87.3 Å². The minimum atomic E-state index is -0.415. The van der Waals surface area contributed by atoms with E-state index in [9.17, 15) is 18.8 Å². The Balaban J connectivity index is 1.39. The van der Waals surface area contributed by atoms with Crippen molar-refractivity contribution in [2.75, 3.05) is 10.6 Å². The first-order valence-electron chi connectivity index (χ1n) is 10.4. The number of halogens is 1. The lowest BCUT2D eigenvalue weighted by Crippen LogP contribution is -2.24. The van der Waals surface area contributed by atoms with Crippen LogP contribution in [0.4, 0.5) is 15.8 Å². The van der Waals surface area contributed by atoms with Crippen LogP contribution in [0.5, 0.6) is 0 Å². The molecule has 0 aliphatic heterocycles. The highest BCUT2D eigenvalue weighted by Gasteiger charge is 2.14. The first kappa shape index (κ1) is 22.9. The number of thiophene rings is 1. The van der Waals surface area contributed by atoms with Crippen molar-refractivity contribution in [3.63, 3.8) is 0 Å². The fourth-order valence-electron chi connectivity index (χ4n) is 3.22. The van der Waals surface area contributed by atoms with Crippen molar-refractivity contribution in [1.29, 1.82) is 0 Å². The van der Waals surface area contributed by atoms with Crippen LogP contribution >= 0.6 is 11.3 Å². The molecular weight excluding hydrogens is 453 g/mol. The van der Waals surface area contributed by atoms with Gasteiger partial charge in [0.1, 0.15) is 5.82 Å². The maximum Gasteiger partial charge on any atom is 0.265 e. The molecule has 4 aromatic rings. The normalized spacial score (nSPS) is 10.4. The summed E-state index contributed by atoms with van der Waals surface area (Å²) in [6.45, 7) is 0.215. The Labute approximate surface area is 199 Å². The van der Waals surface area contributed by atoms with Gasteiger partial charge in [0.05, 0.1) is 16.1 Å². The van der Waals surface area contributed by atoms with E-state index in [2.05, 4.69) is 16.0 Å². The smallest absolute Gasteiger partial charge is 0.265 e. The number of rotatable bonds is 7. The molecule has 6 nitrogen and oxygen atoms in total. The molecule has 1 aromatic heterocycles. The maximum absolute atomic E-state index is 13.1. The van der Waals surface area contributed by atoms with E-state index in [0.29, 0.717) is 27.4 Å². The molecule has 0 radical (unpaired) electrons. The molecular formula is C26H20FN3O3S. The Hall–Kier alpha value is -4.30. The molecule has 1 heterocycles. The number of amides is 3. The molecule has 0 bridgehead atoms. The van der Waals surface area contributed by atoms with Gasteiger partial charge in [-0.25, -0.2) is 4.39 Å². The van der Waals surface area contributed by atoms with Crippen LogP contribution in [0, 0.1) is 5.82 Å². The van der Waals surface area contributed by atoms with Gasteiger partial charge in [0.2, 0.25) is 0 Å². The summed E-state index contributed by atoms with van der Waals surface area (Å²) in [5.41, 5.74) is 2.41. The van der Waals surface area contributed by atoms with Crippen molar-refractivity contribution < 1.29 is 18.8 Å². The summed E-state index contributed by atoms with van der Waals surface area (Å²) < 4.78 is 13.1. The zero-order valence-corrected chi connectivity index (χ0v) is 18.7. The zero-order chi connectivity index (χ0) is 23.9. The summed E-state index contributed by atoms with van der Waals surface area (Å²) in [5.74, 6) is -1.40. The van der Waals surface area contributed by atoms with Gasteiger partial charge in [-0.2, -0.15) is 0 Å². The highest BCUT2D eigenvalue weighted by atomic mass is 32.1. The lowest BCUT2D eigenvalue weighted by Gasteiger charge is -2.12. The van der Waals surface area contributed by atoms with Gasteiger partial charge in [-0.1, -0.05) is 30.3 Å². The lowest BCUT2D eigenvalue weighted by atomic mass is 10.1. The van der Waals surface area contributed by atoms with E-state index in [1.807, 2.05) is 11.4 Å². The van der Waals surface area contributed by atoms with Gasteiger partial charge in [-0.3, -0.25) is 14.4 Å². The summed E-state index contributed by atoms with van der Waals surface area (Å²) in [6, 6.07) is 22.6. The first-order chi connectivity index (χ1) is 16.5. The fourth-order valence-corrected chi connectivity index (χ4v) is 3.84. The third-order valence-corrected chi connectivity index (χ3v) is 5.78. The van der Waals surface area contributed by atoms with Gasteiger partial charge in [-0.15, -0.1) is 11.3 Å². The standard InChI is InChI=1S/C26H20FN3O3S/c27-19-12-10-18(11-13-19)24(31)29-20-6-3-5-17(15-20)16-28-25(32)21-7-1-2-8-22(21)30-26(33)23-9-4-14-34-23/h1-15H,16H2,(H,28,32)(H,29,31)(H,30,33). The van der Waals surface area contributed by atoms with Crippen LogP contribution in [0.25, 0.3) is 0 Å². The molecule has 3 aromatic carbocycles. The molecule has 0 saturated carbocycles. The van der Waals surface area contributed by atoms with Crippen LogP contribution in [0.1, 0.15) is 36.0 Å². The molecule has 0 fully saturated rings. The number of nitrogens with one attached hydrogen (secondary N) is 3. The van der Waals surface area contributed by atoms with Crippen LogP contribution < -0.4 is 16.0 Å². The van der Waals surface area contributed by atoms with Gasteiger partial charge >= 0.3 is 0 Å². The Bertz CT molecular complexity index is 1320. The molecule has 0 spiro atoms. The van der Waals surface area contributed by atoms with Gasteiger partial charge in [0.15, 0.2) is 0 Å². The van der Waals surface area contributed by atoms with Crippen molar-refractivity contribution in [3.8, 4) is 0 Å². The molecule has 170 valence electrons. The van der Waals surface area contributed by atoms with Crippen LogP contribution in [0.2, 0.25) is 0 Å². The van der Waals surface area contributed by atoms with Crippen LogP contribution in [0.15, 0.2) is 90.3 Å². The van der Waals surface area contributed by atoms with Crippen molar-refractivity contribution in [1.82, 2.24) is 5.32 Å². The number of para-hydroxylation sites is 1. The predicted molar refractivity (Wildman–Crippen MR) is 131 cm³/mol. The number of carbonyl (C=O) groups excluding carboxylic acids is 3. The quantitative estimate of drug-likeness (QED) is 0.339.